The maximum atomic E-state index is 12.6. The molecule has 6 heteroatoms. The van der Waals surface area contributed by atoms with Crippen LogP contribution in [0.4, 0.5) is 0 Å². The van der Waals surface area contributed by atoms with Crippen molar-refractivity contribution in [2.45, 2.75) is 0 Å². The molecule has 2 heterocycles. The van der Waals surface area contributed by atoms with Crippen molar-refractivity contribution in [3.63, 3.8) is 0 Å². The molecule has 0 bridgehead atoms. The zero-order chi connectivity index (χ0) is 14.3. The quantitative estimate of drug-likeness (QED) is 0.602. The third-order valence-electron chi connectivity index (χ3n) is 2.92. The molecule has 3 aromatic rings. The van der Waals surface area contributed by atoms with Crippen molar-refractivity contribution >= 4 is 60.3 Å². The van der Waals surface area contributed by atoms with Crippen LogP contribution in [0.5, 0.6) is 0 Å². The highest BCUT2D eigenvalue weighted by Crippen LogP contribution is 2.27. The number of nitrogens with one attached hydrogen (secondary N) is 1. The first-order valence-electron chi connectivity index (χ1n) is 5.68. The largest absolute Gasteiger partial charge is 0.345 e. The summed E-state index contributed by atoms with van der Waals surface area (Å²) in [7, 11) is 0. The number of rotatable bonds is 2. The molecule has 0 unspecified atom stereocenters. The maximum absolute atomic E-state index is 12.6. The van der Waals surface area contributed by atoms with E-state index in [2.05, 4.69) is 41.8 Å². The second-order valence-electron chi connectivity index (χ2n) is 4.21. The molecule has 0 atom stereocenters. The number of aromatic amines is 1. The molecule has 0 spiro atoms. The Morgan fingerprint density at radius 2 is 2.05 bits per heavy atom. The van der Waals surface area contributed by atoms with Crippen LogP contribution in [0, 0.1) is 0 Å². The molecule has 2 aromatic heterocycles. The van der Waals surface area contributed by atoms with Gasteiger partial charge in [0.25, 0.3) is 0 Å². The van der Waals surface area contributed by atoms with Crippen LogP contribution in [0.25, 0.3) is 11.0 Å². The SMILES string of the molecule is O=C(c1ccc(Cl)c(Br)c1)c1c[nH]c2ncc(Br)cc12. The third-order valence-corrected chi connectivity index (χ3v) is 4.57. The Hall–Kier alpha value is -1.17. The molecule has 1 aromatic carbocycles. The predicted octanol–water partition coefficient (Wildman–Crippen LogP) is 4.97. The number of halogens is 3. The molecule has 0 aliphatic heterocycles. The summed E-state index contributed by atoms with van der Waals surface area (Å²) in [5.74, 6) is -0.0754. The third kappa shape index (κ3) is 2.41. The monoisotopic (exact) mass is 412 g/mol. The number of carbonyl (C=O) groups is 1. The zero-order valence-electron chi connectivity index (χ0n) is 9.95. The van der Waals surface area contributed by atoms with Crippen LogP contribution in [-0.4, -0.2) is 15.8 Å². The topological polar surface area (TPSA) is 45.8 Å². The van der Waals surface area contributed by atoms with Crippen molar-refractivity contribution in [1.29, 1.82) is 0 Å². The molecule has 0 aliphatic carbocycles. The predicted molar refractivity (Wildman–Crippen MR) is 86.4 cm³/mol. The van der Waals surface area contributed by atoms with Crippen molar-refractivity contribution in [3.8, 4) is 0 Å². The van der Waals surface area contributed by atoms with E-state index in [-0.39, 0.29) is 5.78 Å². The van der Waals surface area contributed by atoms with Gasteiger partial charge in [0.2, 0.25) is 0 Å². The Balaban J connectivity index is 2.12. The normalized spacial score (nSPS) is 10.9. The van der Waals surface area contributed by atoms with Gasteiger partial charge >= 0.3 is 0 Å². The molecule has 100 valence electrons. The van der Waals surface area contributed by atoms with Crippen molar-refractivity contribution in [2.75, 3.05) is 0 Å². The number of benzene rings is 1. The lowest BCUT2D eigenvalue weighted by Gasteiger charge is -2.02. The minimum atomic E-state index is -0.0754. The van der Waals surface area contributed by atoms with E-state index in [4.69, 9.17) is 11.6 Å². The molecule has 3 nitrogen and oxygen atoms in total. The van der Waals surface area contributed by atoms with Gasteiger partial charge in [-0.15, -0.1) is 0 Å². The minimum absolute atomic E-state index is 0.0754. The van der Waals surface area contributed by atoms with Gasteiger partial charge in [-0.2, -0.15) is 0 Å². The molecule has 3 rings (SSSR count). The number of aromatic nitrogens is 2. The Morgan fingerprint density at radius 1 is 1.25 bits per heavy atom. The van der Waals surface area contributed by atoms with Crippen molar-refractivity contribution in [1.82, 2.24) is 9.97 Å². The summed E-state index contributed by atoms with van der Waals surface area (Å²) in [4.78, 5) is 19.8. The molecular weight excluding hydrogens is 407 g/mol. The van der Waals surface area contributed by atoms with Gasteiger partial charge in [0.1, 0.15) is 5.65 Å². The number of hydrogen-bond acceptors (Lipinski definition) is 2. The van der Waals surface area contributed by atoms with Crippen molar-refractivity contribution in [3.05, 3.63) is 61.8 Å². The van der Waals surface area contributed by atoms with Crippen LogP contribution in [0.1, 0.15) is 15.9 Å². The number of hydrogen-bond donors (Lipinski definition) is 1. The fourth-order valence-electron chi connectivity index (χ4n) is 1.96. The lowest BCUT2D eigenvalue weighted by atomic mass is 10.0. The lowest BCUT2D eigenvalue weighted by Crippen LogP contribution is -2.00. The van der Waals surface area contributed by atoms with Gasteiger partial charge in [-0.3, -0.25) is 4.79 Å². The molecule has 1 N–H and O–H groups in total. The van der Waals surface area contributed by atoms with E-state index >= 15 is 0 Å². The highest BCUT2D eigenvalue weighted by molar-refractivity contribution is 9.10. The van der Waals surface area contributed by atoms with Crippen LogP contribution < -0.4 is 0 Å². The van der Waals surface area contributed by atoms with E-state index in [0.717, 1.165) is 9.86 Å². The summed E-state index contributed by atoms with van der Waals surface area (Å²) in [6, 6.07) is 6.99. The second kappa shape index (κ2) is 5.31. The average molecular weight is 414 g/mol. The summed E-state index contributed by atoms with van der Waals surface area (Å²) >= 11 is 12.6. The molecule has 0 saturated carbocycles. The van der Waals surface area contributed by atoms with Crippen LogP contribution in [0.15, 0.2) is 45.6 Å². The zero-order valence-corrected chi connectivity index (χ0v) is 13.9. The summed E-state index contributed by atoms with van der Waals surface area (Å²) in [5, 5.41) is 1.36. The fraction of sp³-hybridized carbons (Fsp3) is 0. The number of carbonyl (C=O) groups excluding carboxylic acids is 1. The average Bonchev–Trinajstić information content (AvgIpc) is 2.84. The Kier molecular flexibility index (Phi) is 3.67. The summed E-state index contributed by atoms with van der Waals surface area (Å²) in [6.45, 7) is 0. The van der Waals surface area contributed by atoms with E-state index in [1.165, 1.54) is 0 Å². The van der Waals surface area contributed by atoms with E-state index < -0.39 is 0 Å². The first-order chi connectivity index (χ1) is 9.56. The van der Waals surface area contributed by atoms with Crippen LogP contribution >= 0.6 is 43.5 Å². The number of fused-ring (bicyclic) bond motifs is 1. The minimum Gasteiger partial charge on any atom is -0.345 e. The van der Waals surface area contributed by atoms with Crippen molar-refractivity contribution in [2.24, 2.45) is 0 Å². The highest BCUT2D eigenvalue weighted by atomic mass is 79.9. The smallest absolute Gasteiger partial charge is 0.195 e. The molecular formula is C14H7Br2ClN2O. The first-order valence-corrected chi connectivity index (χ1v) is 7.65. The van der Waals surface area contributed by atoms with E-state index in [9.17, 15) is 4.79 Å². The summed E-state index contributed by atoms with van der Waals surface area (Å²) in [5.41, 5.74) is 1.84. The van der Waals surface area contributed by atoms with Gasteiger partial charge in [0.15, 0.2) is 5.78 Å². The van der Waals surface area contributed by atoms with Crippen LogP contribution in [0.2, 0.25) is 5.02 Å². The first kappa shape index (κ1) is 13.8. The highest BCUT2D eigenvalue weighted by Gasteiger charge is 2.16. The number of ketones is 1. The van der Waals surface area contributed by atoms with E-state index in [1.807, 2.05) is 6.07 Å². The number of nitrogens with zero attached hydrogens (tertiary/aromatic N) is 1. The van der Waals surface area contributed by atoms with Crippen LogP contribution in [-0.2, 0) is 0 Å². The molecule has 0 saturated heterocycles. The lowest BCUT2D eigenvalue weighted by molar-refractivity contribution is 0.104. The van der Waals surface area contributed by atoms with Gasteiger partial charge in [0, 0.05) is 37.9 Å². The Labute approximate surface area is 136 Å². The van der Waals surface area contributed by atoms with E-state index in [0.29, 0.717) is 26.3 Å². The number of pyridine rings is 1. The van der Waals surface area contributed by atoms with Crippen molar-refractivity contribution < 1.29 is 4.79 Å². The van der Waals surface area contributed by atoms with Gasteiger partial charge in [-0.05, 0) is 56.1 Å². The summed E-state index contributed by atoms with van der Waals surface area (Å²) < 4.78 is 1.53. The maximum Gasteiger partial charge on any atom is 0.195 e. The number of H-pyrrole nitrogens is 1. The molecule has 20 heavy (non-hydrogen) atoms. The second-order valence-corrected chi connectivity index (χ2v) is 6.39. The molecule has 0 amide bonds. The Morgan fingerprint density at radius 3 is 2.80 bits per heavy atom. The van der Waals surface area contributed by atoms with Crippen LogP contribution in [0.3, 0.4) is 0 Å². The molecule has 0 fully saturated rings. The molecule has 0 radical (unpaired) electrons. The van der Waals surface area contributed by atoms with Gasteiger partial charge < -0.3 is 4.98 Å². The summed E-state index contributed by atoms with van der Waals surface area (Å²) in [6.07, 6.45) is 3.36. The molecule has 0 aliphatic rings. The van der Waals surface area contributed by atoms with E-state index in [1.54, 1.807) is 30.6 Å². The van der Waals surface area contributed by atoms with Gasteiger partial charge in [-0.25, -0.2) is 4.98 Å². The Bertz CT molecular complexity index is 829. The van der Waals surface area contributed by atoms with Gasteiger partial charge in [0.05, 0.1) is 5.02 Å². The fourth-order valence-corrected chi connectivity index (χ4v) is 2.79. The van der Waals surface area contributed by atoms with Gasteiger partial charge in [-0.1, -0.05) is 11.6 Å². The standard InChI is InChI=1S/C14H7Br2ClN2O/c15-8-4-9-10(6-19-14(9)18-5-8)13(20)7-1-2-12(17)11(16)3-7/h1-6H,(H,18,19).